The molecule has 0 radical (unpaired) electrons. The lowest BCUT2D eigenvalue weighted by atomic mass is 10.0. The Hall–Kier alpha value is -1.46. The van der Waals surface area contributed by atoms with E-state index in [9.17, 15) is 8.42 Å². The topological polar surface area (TPSA) is 43.4 Å². The standard InChI is InChI=1S/C15H14O3S2/c1-18-12-4-3-10-7-11-8-13(20(2,16)17)5-6-14(11)19-15(10)9-12/h3-6,8-9H,7H2,1-2H3. The van der Waals surface area contributed by atoms with E-state index >= 15 is 0 Å². The third kappa shape index (κ3) is 2.43. The molecule has 1 aliphatic heterocycles. The van der Waals surface area contributed by atoms with Gasteiger partial charge in [0.1, 0.15) is 5.75 Å². The molecule has 0 spiro atoms. The lowest BCUT2D eigenvalue weighted by Gasteiger charge is -2.20. The lowest BCUT2D eigenvalue weighted by molar-refractivity contribution is 0.413. The van der Waals surface area contributed by atoms with Crippen LogP contribution in [0.2, 0.25) is 0 Å². The molecule has 0 fully saturated rings. The van der Waals surface area contributed by atoms with Gasteiger partial charge in [0.2, 0.25) is 0 Å². The summed E-state index contributed by atoms with van der Waals surface area (Å²) < 4.78 is 28.5. The number of methoxy groups -OCH3 is 1. The maximum Gasteiger partial charge on any atom is 0.175 e. The highest BCUT2D eigenvalue weighted by Gasteiger charge is 2.19. The Balaban J connectivity index is 2.04. The van der Waals surface area contributed by atoms with E-state index in [1.165, 1.54) is 16.7 Å². The van der Waals surface area contributed by atoms with Crippen LogP contribution in [0.25, 0.3) is 0 Å². The van der Waals surface area contributed by atoms with E-state index in [0.29, 0.717) is 4.90 Å². The highest BCUT2D eigenvalue weighted by Crippen LogP contribution is 2.41. The minimum atomic E-state index is -3.15. The minimum absolute atomic E-state index is 0.383. The molecule has 3 rings (SSSR count). The summed E-state index contributed by atoms with van der Waals surface area (Å²) in [6.07, 6.45) is 1.99. The van der Waals surface area contributed by atoms with E-state index in [-0.39, 0.29) is 0 Å². The van der Waals surface area contributed by atoms with Crippen molar-refractivity contribution in [1.82, 2.24) is 0 Å². The van der Waals surface area contributed by atoms with Crippen LogP contribution in [0.4, 0.5) is 0 Å². The fraction of sp³-hybridized carbons (Fsp3) is 0.200. The molecule has 2 aromatic rings. The zero-order valence-electron chi connectivity index (χ0n) is 11.2. The molecular formula is C15H14O3S2. The smallest absolute Gasteiger partial charge is 0.175 e. The summed E-state index contributed by atoms with van der Waals surface area (Å²) in [6, 6.07) is 11.3. The van der Waals surface area contributed by atoms with Crippen molar-refractivity contribution in [3.8, 4) is 5.75 Å². The molecule has 0 saturated carbocycles. The summed E-state index contributed by atoms with van der Waals surface area (Å²) in [5.41, 5.74) is 2.27. The first-order chi connectivity index (χ1) is 9.47. The van der Waals surface area contributed by atoms with E-state index in [0.717, 1.165) is 22.6 Å². The number of hydrogen-bond donors (Lipinski definition) is 0. The van der Waals surface area contributed by atoms with Crippen LogP contribution >= 0.6 is 11.8 Å². The Morgan fingerprint density at radius 2 is 1.85 bits per heavy atom. The second kappa shape index (κ2) is 4.82. The van der Waals surface area contributed by atoms with E-state index in [4.69, 9.17) is 4.74 Å². The van der Waals surface area contributed by atoms with Gasteiger partial charge >= 0.3 is 0 Å². The van der Waals surface area contributed by atoms with Crippen molar-refractivity contribution in [3.05, 3.63) is 47.5 Å². The molecule has 104 valence electrons. The van der Waals surface area contributed by atoms with Gasteiger partial charge in [0.15, 0.2) is 9.84 Å². The molecule has 0 bridgehead atoms. The lowest BCUT2D eigenvalue weighted by Crippen LogP contribution is -2.03. The predicted octanol–water partition coefficient (Wildman–Crippen LogP) is 3.15. The molecule has 1 heterocycles. The number of benzene rings is 2. The molecule has 0 amide bonds. The van der Waals surface area contributed by atoms with Crippen LogP contribution in [0.15, 0.2) is 51.1 Å². The highest BCUT2D eigenvalue weighted by molar-refractivity contribution is 7.99. The van der Waals surface area contributed by atoms with Gasteiger partial charge in [-0.1, -0.05) is 17.8 Å². The van der Waals surface area contributed by atoms with Crippen LogP contribution in [0.1, 0.15) is 11.1 Å². The summed E-state index contributed by atoms with van der Waals surface area (Å²) in [4.78, 5) is 2.66. The molecule has 5 heteroatoms. The van der Waals surface area contributed by atoms with Gasteiger partial charge in [0, 0.05) is 16.0 Å². The molecule has 0 N–H and O–H groups in total. The predicted molar refractivity (Wildman–Crippen MR) is 79.5 cm³/mol. The van der Waals surface area contributed by atoms with Crippen molar-refractivity contribution in [1.29, 1.82) is 0 Å². The fourth-order valence-corrected chi connectivity index (χ4v) is 4.00. The molecule has 0 unspecified atom stereocenters. The normalized spacial score (nSPS) is 13.5. The largest absolute Gasteiger partial charge is 0.497 e. The van der Waals surface area contributed by atoms with Gasteiger partial charge < -0.3 is 4.74 Å². The van der Waals surface area contributed by atoms with Crippen LogP contribution in [-0.4, -0.2) is 21.8 Å². The van der Waals surface area contributed by atoms with Gasteiger partial charge in [-0.05, 0) is 47.9 Å². The fourth-order valence-electron chi connectivity index (χ4n) is 2.25. The molecule has 1 aliphatic rings. The Labute approximate surface area is 122 Å². The average Bonchev–Trinajstić information content (AvgIpc) is 2.42. The summed E-state index contributed by atoms with van der Waals surface area (Å²) in [6.45, 7) is 0. The van der Waals surface area contributed by atoms with Crippen LogP contribution in [0.5, 0.6) is 5.75 Å². The van der Waals surface area contributed by atoms with Gasteiger partial charge in [-0.3, -0.25) is 0 Å². The number of ether oxygens (including phenoxy) is 1. The molecule has 0 aromatic heterocycles. The summed E-state index contributed by atoms with van der Waals surface area (Å²) in [5.74, 6) is 0.840. The monoisotopic (exact) mass is 306 g/mol. The second-order valence-electron chi connectivity index (χ2n) is 4.79. The first kappa shape index (κ1) is 13.5. The Morgan fingerprint density at radius 1 is 1.05 bits per heavy atom. The van der Waals surface area contributed by atoms with E-state index < -0.39 is 9.84 Å². The maximum atomic E-state index is 11.6. The van der Waals surface area contributed by atoms with Crippen molar-refractivity contribution in [3.63, 3.8) is 0 Å². The van der Waals surface area contributed by atoms with Crippen LogP contribution in [-0.2, 0) is 16.3 Å². The molecule has 0 aliphatic carbocycles. The van der Waals surface area contributed by atoms with Crippen molar-refractivity contribution in [2.24, 2.45) is 0 Å². The third-order valence-corrected chi connectivity index (χ3v) is 5.66. The van der Waals surface area contributed by atoms with Gasteiger partial charge in [0.05, 0.1) is 12.0 Å². The Bertz CT molecular complexity index is 780. The van der Waals surface area contributed by atoms with Crippen LogP contribution in [0, 0.1) is 0 Å². The molecule has 20 heavy (non-hydrogen) atoms. The molecule has 2 aromatic carbocycles. The molecule has 0 saturated heterocycles. The minimum Gasteiger partial charge on any atom is -0.497 e. The van der Waals surface area contributed by atoms with Crippen molar-refractivity contribution in [2.45, 2.75) is 21.1 Å². The third-order valence-electron chi connectivity index (χ3n) is 3.34. The van der Waals surface area contributed by atoms with Gasteiger partial charge in [-0.2, -0.15) is 0 Å². The number of sulfone groups is 1. The SMILES string of the molecule is COc1ccc2c(c1)Sc1ccc(S(C)(=O)=O)cc1C2. The zero-order chi connectivity index (χ0) is 14.3. The first-order valence-corrected chi connectivity index (χ1v) is 8.86. The Morgan fingerprint density at radius 3 is 2.55 bits per heavy atom. The average molecular weight is 306 g/mol. The zero-order valence-corrected chi connectivity index (χ0v) is 12.8. The summed E-state index contributed by atoms with van der Waals surface area (Å²) >= 11 is 1.66. The van der Waals surface area contributed by atoms with Crippen LogP contribution in [0.3, 0.4) is 0 Å². The molecule has 0 atom stereocenters. The number of fused-ring (bicyclic) bond motifs is 2. The van der Waals surface area contributed by atoms with Gasteiger partial charge in [0.25, 0.3) is 0 Å². The highest BCUT2D eigenvalue weighted by atomic mass is 32.2. The number of rotatable bonds is 2. The summed E-state index contributed by atoms with van der Waals surface area (Å²) in [5, 5.41) is 0. The van der Waals surface area contributed by atoms with E-state index in [2.05, 4.69) is 0 Å². The second-order valence-corrected chi connectivity index (χ2v) is 7.89. The molecular weight excluding hydrogens is 292 g/mol. The van der Waals surface area contributed by atoms with Crippen molar-refractivity contribution < 1.29 is 13.2 Å². The van der Waals surface area contributed by atoms with E-state index in [1.54, 1.807) is 31.0 Å². The Kier molecular flexibility index (Phi) is 3.26. The maximum absolute atomic E-state index is 11.6. The van der Waals surface area contributed by atoms with Crippen molar-refractivity contribution >= 4 is 21.6 Å². The quantitative estimate of drug-likeness (QED) is 0.729. The summed E-state index contributed by atoms with van der Waals surface area (Å²) in [7, 11) is -1.50. The first-order valence-electron chi connectivity index (χ1n) is 6.15. The van der Waals surface area contributed by atoms with E-state index in [1.807, 2.05) is 24.3 Å². The van der Waals surface area contributed by atoms with Crippen LogP contribution < -0.4 is 4.74 Å². The van der Waals surface area contributed by atoms with Crippen molar-refractivity contribution in [2.75, 3.05) is 13.4 Å². The van der Waals surface area contributed by atoms with Gasteiger partial charge in [-0.25, -0.2) is 8.42 Å². The van der Waals surface area contributed by atoms with Gasteiger partial charge in [-0.15, -0.1) is 0 Å². The molecule has 3 nitrogen and oxygen atoms in total. The number of hydrogen-bond acceptors (Lipinski definition) is 4.